The molecule has 0 unspecified atom stereocenters. The number of piperidine rings is 1. The minimum Gasteiger partial charge on any atom is -0.253 e. The number of rotatable bonds is 8. The molecule has 2 aromatic heterocycles. The van der Waals surface area contributed by atoms with Crippen molar-refractivity contribution in [1.29, 1.82) is 0 Å². The second kappa shape index (κ2) is 10.8. The molecule has 0 radical (unpaired) electrons. The molecule has 0 bridgehead atoms. The standard InChI is InChI=1S/C26H26N4O2S3/c31-35(32,30-14-12-21(13-15-30)17-20-5-2-1-3-6-20)24-10-8-22(9-11-24)25-19-34-26(28-25)29-27-18-23-7-4-16-33-23/h1-11,16,18-19,21H,12-15,17H2,(H,28,29). The molecule has 6 nitrogen and oxygen atoms in total. The number of benzene rings is 2. The maximum absolute atomic E-state index is 13.2. The lowest BCUT2D eigenvalue weighted by Crippen LogP contribution is -2.38. The number of hydrogen-bond acceptors (Lipinski definition) is 7. The van der Waals surface area contributed by atoms with Gasteiger partial charge in [0.1, 0.15) is 0 Å². The summed E-state index contributed by atoms with van der Waals surface area (Å²) < 4.78 is 28.0. The highest BCUT2D eigenvalue weighted by atomic mass is 32.2. The highest BCUT2D eigenvalue weighted by Crippen LogP contribution is 2.29. The molecule has 1 aliphatic heterocycles. The fraction of sp³-hybridized carbons (Fsp3) is 0.231. The first-order chi connectivity index (χ1) is 17.1. The monoisotopic (exact) mass is 522 g/mol. The van der Waals surface area contributed by atoms with Gasteiger partial charge in [0.2, 0.25) is 15.2 Å². The molecule has 0 spiro atoms. The van der Waals surface area contributed by atoms with Gasteiger partial charge in [0.25, 0.3) is 0 Å². The van der Waals surface area contributed by atoms with E-state index in [4.69, 9.17) is 0 Å². The van der Waals surface area contributed by atoms with E-state index in [-0.39, 0.29) is 0 Å². The normalized spacial score (nSPS) is 15.5. The lowest BCUT2D eigenvalue weighted by Gasteiger charge is -2.31. The van der Waals surface area contributed by atoms with Gasteiger partial charge in [-0.1, -0.05) is 48.5 Å². The van der Waals surface area contributed by atoms with Gasteiger partial charge in [-0.3, -0.25) is 5.43 Å². The van der Waals surface area contributed by atoms with Crippen molar-refractivity contribution in [2.24, 2.45) is 11.0 Å². The smallest absolute Gasteiger partial charge is 0.243 e. The summed E-state index contributed by atoms with van der Waals surface area (Å²) in [5, 5.41) is 8.83. The molecular formula is C26H26N4O2S3. The molecule has 5 rings (SSSR count). The van der Waals surface area contributed by atoms with Crippen LogP contribution in [-0.2, 0) is 16.4 Å². The Labute approximate surface area is 214 Å². The summed E-state index contributed by atoms with van der Waals surface area (Å²) in [5.41, 5.74) is 5.93. The fourth-order valence-corrected chi connectivity index (χ4v) is 6.94. The van der Waals surface area contributed by atoms with E-state index in [1.165, 1.54) is 16.9 Å². The van der Waals surface area contributed by atoms with Gasteiger partial charge >= 0.3 is 0 Å². The zero-order valence-electron chi connectivity index (χ0n) is 19.1. The van der Waals surface area contributed by atoms with Crippen molar-refractivity contribution in [3.8, 4) is 11.3 Å². The van der Waals surface area contributed by atoms with Gasteiger partial charge in [-0.15, -0.1) is 22.7 Å². The predicted molar refractivity (Wildman–Crippen MR) is 145 cm³/mol. The number of aromatic nitrogens is 1. The number of sulfonamides is 1. The predicted octanol–water partition coefficient (Wildman–Crippen LogP) is 5.96. The summed E-state index contributed by atoms with van der Waals surface area (Å²) in [6.07, 6.45) is 4.54. The quantitative estimate of drug-likeness (QED) is 0.229. The molecule has 0 amide bonds. The van der Waals surface area contributed by atoms with Gasteiger partial charge in [-0.25, -0.2) is 13.4 Å². The number of nitrogens with zero attached hydrogens (tertiary/aromatic N) is 3. The third kappa shape index (κ3) is 5.87. The van der Waals surface area contributed by atoms with Crippen LogP contribution in [0.15, 0.2) is 87.5 Å². The Bertz CT molecular complexity index is 1360. The van der Waals surface area contributed by atoms with Crippen molar-refractivity contribution in [3.05, 3.63) is 87.9 Å². The highest BCUT2D eigenvalue weighted by molar-refractivity contribution is 7.89. The van der Waals surface area contributed by atoms with Crippen LogP contribution in [0.25, 0.3) is 11.3 Å². The van der Waals surface area contributed by atoms with E-state index < -0.39 is 10.0 Å². The first kappa shape index (κ1) is 23.9. The molecule has 9 heteroatoms. The van der Waals surface area contributed by atoms with E-state index in [1.54, 1.807) is 34.0 Å². The van der Waals surface area contributed by atoms with Crippen molar-refractivity contribution in [2.45, 2.75) is 24.2 Å². The molecule has 1 aliphatic rings. The fourth-order valence-electron chi connectivity index (χ4n) is 4.22. The molecule has 1 N–H and O–H groups in total. The zero-order chi connectivity index (χ0) is 24.1. The van der Waals surface area contributed by atoms with Crippen LogP contribution in [0, 0.1) is 5.92 Å². The molecule has 1 saturated heterocycles. The lowest BCUT2D eigenvalue weighted by molar-refractivity contribution is 0.273. The number of thiophene rings is 1. The van der Waals surface area contributed by atoms with E-state index in [1.807, 2.05) is 41.1 Å². The average molecular weight is 523 g/mol. The maximum atomic E-state index is 13.2. The summed E-state index contributed by atoms with van der Waals surface area (Å²) in [4.78, 5) is 5.95. The first-order valence-corrected chi connectivity index (χ1v) is 14.7. The van der Waals surface area contributed by atoms with E-state index in [0.29, 0.717) is 29.0 Å². The van der Waals surface area contributed by atoms with Crippen LogP contribution in [-0.4, -0.2) is 37.0 Å². The Kier molecular flexibility index (Phi) is 7.38. The van der Waals surface area contributed by atoms with Crippen LogP contribution < -0.4 is 5.43 Å². The van der Waals surface area contributed by atoms with Crippen LogP contribution in [0.1, 0.15) is 23.3 Å². The number of nitrogens with one attached hydrogen (secondary N) is 1. The van der Waals surface area contributed by atoms with E-state index in [9.17, 15) is 8.42 Å². The molecule has 35 heavy (non-hydrogen) atoms. The summed E-state index contributed by atoms with van der Waals surface area (Å²) in [6, 6.07) is 21.4. The Morgan fingerprint density at radius 2 is 1.77 bits per heavy atom. The summed E-state index contributed by atoms with van der Waals surface area (Å²) in [6.45, 7) is 1.13. The zero-order valence-corrected chi connectivity index (χ0v) is 21.5. The molecule has 0 saturated carbocycles. The molecule has 180 valence electrons. The van der Waals surface area contributed by atoms with Crippen LogP contribution in [0.5, 0.6) is 0 Å². The summed E-state index contributed by atoms with van der Waals surface area (Å²) in [7, 11) is -3.50. The van der Waals surface area contributed by atoms with E-state index >= 15 is 0 Å². The first-order valence-electron chi connectivity index (χ1n) is 11.5. The number of hydrogen-bond donors (Lipinski definition) is 1. The van der Waals surface area contributed by atoms with E-state index in [0.717, 1.165) is 35.4 Å². The van der Waals surface area contributed by atoms with Gasteiger partial charge in [0.05, 0.1) is 16.8 Å². The molecule has 0 aliphatic carbocycles. The van der Waals surface area contributed by atoms with Crippen molar-refractivity contribution in [3.63, 3.8) is 0 Å². The number of thiazole rings is 1. The van der Waals surface area contributed by atoms with Crippen LogP contribution in [0.4, 0.5) is 5.13 Å². The van der Waals surface area contributed by atoms with Crippen molar-refractivity contribution in [1.82, 2.24) is 9.29 Å². The third-order valence-corrected chi connectivity index (χ3v) is 9.59. The van der Waals surface area contributed by atoms with Gasteiger partial charge in [-0.05, 0) is 54.3 Å². The van der Waals surface area contributed by atoms with Gasteiger partial charge < -0.3 is 0 Å². The minimum absolute atomic E-state index is 0.330. The Morgan fingerprint density at radius 3 is 2.49 bits per heavy atom. The molecule has 1 fully saturated rings. The topological polar surface area (TPSA) is 74.7 Å². The van der Waals surface area contributed by atoms with Crippen molar-refractivity contribution in [2.75, 3.05) is 18.5 Å². The summed E-state index contributed by atoms with van der Waals surface area (Å²) in [5.74, 6) is 0.522. The van der Waals surface area contributed by atoms with Gasteiger partial charge in [0, 0.05) is 28.9 Å². The molecule has 3 heterocycles. The second-order valence-corrected chi connectivity index (χ2v) is 12.3. The SMILES string of the molecule is O=S(=O)(c1ccc(-c2csc(NN=Cc3cccs3)n2)cc1)N1CCC(Cc2ccccc2)CC1. The van der Waals surface area contributed by atoms with Crippen molar-refractivity contribution < 1.29 is 8.42 Å². The van der Waals surface area contributed by atoms with Gasteiger partial charge in [-0.2, -0.15) is 9.41 Å². The minimum atomic E-state index is -3.50. The average Bonchev–Trinajstić information content (AvgIpc) is 3.58. The molecule has 0 atom stereocenters. The molecular weight excluding hydrogens is 497 g/mol. The van der Waals surface area contributed by atoms with Crippen LogP contribution in [0.2, 0.25) is 0 Å². The lowest BCUT2D eigenvalue weighted by atomic mass is 9.91. The number of hydrazone groups is 1. The molecule has 4 aromatic rings. The molecule has 2 aromatic carbocycles. The number of anilines is 1. The summed E-state index contributed by atoms with van der Waals surface area (Å²) >= 11 is 3.07. The second-order valence-electron chi connectivity index (χ2n) is 8.48. The van der Waals surface area contributed by atoms with Crippen LogP contribution >= 0.6 is 22.7 Å². The Balaban J connectivity index is 1.19. The largest absolute Gasteiger partial charge is 0.253 e. The Morgan fingerprint density at radius 1 is 1.00 bits per heavy atom. The Hall–Kier alpha value is -2.85. The maximum Gasteiger partial charge on any atom is 0.243 e. The highest BCUT2D eigenvalue weighted by Gasteiger charge is 2.29. The van der Waals surface area contributed by atoms with Crippen molar-refractivity contribution >= 4 is 44.0 Å². The van der Waals surface area contributed by atoms with E-state index in [2.05, 4.69) is 39.8 Å². The third-order valence-electron chi connectivity index (χ3n) is 6.13. The van der Waals surface area contributed by atoms with Gasteiger partial charge in [0.15, 0.2) is 0 Å². The van der Waals surface area contributed by atoms with Crippen LogP contribution in [0.3, 0.4) is 0 Å².